The number of allylic oxidation sites excluding steroid dienone is 4. The highest BCUT2D eigenvalue weighted by Gasteiger charge is 2.32. The Morgan fingerprint density at radius 2 is 1.58 bits per heavy atom. The van der Waals surface area contributed by atoms with Crippen molar-refractivity contribution in [3.8, 4) is 5.75 Å². The van der Waals surface area contributed by atoms with Gasteiger partial charge < -0.3 is 10.4 Å². The van der Waals surface area contributed by atoms with E-state index in [0.29, 0.717) is 53.1 Å². The normalized spacial score (nSPS) is 15.2. The third-order valence-electron chi connectivity index (χ3n) is 6.20. The number of hydrogen-bond acceptors (Lipinski definition) is 4. The van der Waals surface area contributed by atoms with Crippen molar-refractivity contribution in [3.05, 3.63) is 87.0 Å². The van der Waals surface area contributed by atoms with Crippen molar-refractivity contribution in [1.29, 1.82) is 0 Å². The number of carbonyl (C=O) groups excluding carboxylic acids is 3. The van der Waals surface area contributed by atoms with E-state index in [0.717, 1.165) is 5.56 Å². The summed E-state index contributed by atoms with van der Waals surface area (Å²) < 4.78 is 0. The Morgan fingerprint density at radius 1 is 0.939 bits per heavy atom. The third-order valence-corrected chi connectivity index (χ3v) is 6.45. The van der Waals surface area contributed by atoms with Gasteiger partial charge in [0.15, 0.2) is 11.6 Å². The van der Waals surface area contributed by atoms with Crippen LogP contribution in [-0.4, -0.2) is 29.1 Å². The Bertz CT molecular complexity index is 1140. The van der Waals surface area contributed by atoms with Crippen LogP contribution >= 0.6 is 11.6 Å². The Kier molecular flexibility index (Phi) is 7.88. The summed E-state index contributed by atoms with van der Waals surface area (Å²) in [5.74, 6) is -0.762. The predicted octanol–water partition coefficient (Wildman–Crippen LogP) is 5.22. The lowest BCUT2D eigenvalue weighted by molar-refractivity contribution is -0.116. The summed E-state index contributed by atoms with van der Waals surface area (Å²) in [4.78, 5) is 38.3. The monoisotopic (exact) mass is 465 g/mol. The number of ketones is 2. The SMILES string of the molecule is CC1=C(C)C(=O)C(C(CCCNC(=O)c2ccccc2O)Cc2ccc(Cl)cc2)=C(C)C1=O. The van der Waals surface area contributed by atoms with E-state index in [1.165, 1.54) is 6.07 Å². The second-order valence-corrected chi connectivity index (χ2v) is 8.83. The number of nitrogens with one attached hydrogen (secondary N) is 1. The molecule has 0 aliphatic heterocycles. The number of phenols is 1. The number of amides is 1. The Labute approximate surface area is 199 Å². The minimum atomic E-state index is -0.351. The summed E-state index contributed by atoms with van der Waals surface area (Å²) in [5.41, 5.74) is 3.30. The van der Waals surface area contributed by atoms with E-state index in [1.54, 1.807) is 39.0 Å². The molecule has 0 spiro atoms. The number of halogens is 1. The zero-order valence-electron chi connectivity index (χ0n) is 19.1. The maximum Gasteiger partial charge on any atom is 0.255 e. The fourth-order valence-electron chi connectivity index (χ4n) is 4.17. The van der Waals surface area contributed by atoms with Gasteiger partial charge in [-0.05, 0) is 75.8 Å². The van der Waals surface area contributed by atoms with Gasteiger partial charge in [0.1, 0.15) is 5.75 Å². The highest BCUT2D eigenvalue weighted by molar-refractivity contribution is 6.30. The van der Waals surface area contributed by atoms with Crippen LogP contribution in [0.25, 0.3) is 0 Å². The summed E-state index contributed by atoms with van der Waals surface area (Å²) in [6, 6.07) is 13.8. The molecule has 1 aliphatic carbocycles. The quantitative estimate of drug-likeness (QED) is 0.413. The van der Waals surface area contributed by atoms with E-state index >= 15 is 0 Å². The number of aromatic hydroxyl groups is 1. The van der Waals surface area contributed by atoms with E-state index in [2.05, 4.69) is 5.32 Å². The molecule has 33 heavy (non-hydrogen) atoms. The van der Waals surface area contributed by atoms with Gasteiger partial charge in [0.25, 0.3) is 5.91 Å². The molecular formula is C27H28ClNO4. The number of rotatable bonds is 8. The molecular weight excluding hydrogens is 438 g/mol. The first kappa shape index (κ1) is 24.5. The van der Waals surface area contributed by atoms with Crippen molar-refractivity contribution in [2.24, 2.45) is 5.92 Å². The van der Waals surface area contributed by atoms with E-state index < -0.39 is 0 Å². The molecule has 3 rings (SSSR count). The van der Waals surface area contributed by atoms with Crippen molar-refractivity contribution in [3.63, 3.8) is 0 Å². The van der Waals surface area contributed by atoms with Crippen LogP contribution in [0.3, 0.4) is 0 Å². The average molecular weight is 466 g/mol. The lowest BCUT2D eigenvalue weighted by Crippen LogP contribution is -2.28. The van der Waals surface area contributed by atoms with Crippen molar-refractivity contribution >= 4 is 29.1 Å². The molecule has 2 aromatic rings. The summed E-state index contributed by atoms with van der Waals surface area (Å²) in [6.07, 6.45) is 1.81. The zero-order valence-corrected chi connectivity index (χ0v) is 19.8. The summed E-state index contributed by atoms with van der Waals surface area (Å²) in [5, 5.41) is 13.3. The highest BCUT2D eigenvalue weighted by atomic mass is 35.5. The molecule has 1 amide bonds. The molecule has 2 N–H and O–H groups in total. The van der Waals surface area contributed by atoms with E-state index in [1.807, 2.05) is 24.3 Å². The molecule has 1 unspecified atom stereocenters. The molecule has 0 radical (unpaired) electrons. The topological polar surface area (TPSA) is 83.5 Å². The molecule has 1 atom stereocenters. The van der Waals surface area contributed by atoms with Gasteiger partial charge in [-0.15, -0.1) is 0 Å². The zero-order chi connectivity index (χ0) is 24.1. The molecule has 2 aromatic carbocycles. The lowest BCUT2D eigenvalue weighted by atomic mass is 9.76. The van der Waals surface area contributed by atoms with Gasteiger partial charge in [-0.2, -0.15) is 0 Å². The minimum absolute atomic E-state index is 0.0691. The van der Waals surface area contributed by atoms with Gasteiger partial charge in [0.2, 0.25) is 0 Å². The molecule has 1 aliphatic rings. The van der Waals surface area contributed by atoms with Crippen molar-refractivity contribution in [1.82, 2.24) is 5.32 Å². The Balaban J connectivity index is 1.76. The fraction of sp³-hybridized carbons (Fsp3) is 0.296. The minimum Gasteiger partial charge on any atom is -0.507 e. The first-order valence-corrected chi connectivity index (χ1v) is 11.4. The standard InChI is InChI=1S/C27H28ClNO4/c1-16-17(2)26(32)24(18(3)25(16)31)20(15-19-10-12-21(28)13-11-19)7-6-14-29-27(33)22-8-4-5-9-23(22)30/h4-5,8-13,20,30H,6-7,14-15H2,1-3H3,(H,29,33). The lowest BCUT2D eigenvalue weighted by Gasteiger charge is -2.26. The number of para-hydroxylation sites is 1. The van der Waals surface area contributed by atoms with Crippen LogP contribution in [0, 0.1) is 5.92 Å². The third kappa shape index (κ3) is 5.60. The fourth-order valence-corrected chi connectivity index (χ4v) is 4.30. The van der Waals surface area contributed by atoms with Gasteiger partial charge >= 0.3 is 0 Å². The highest BCUT2D eigenvalue weighted by Crippen LogP contribution is 2.33. The second-order valence-electron chi connectivity index (χ2n) is 8.39. The van der Waals surface area contributed by atoms with Crippen LogP contribution < -0.4 is 5.32 Å². The van der Waals surface area contributed by atoms with Crippen LogP contribution in [0.15, 0.2) is 70.8 Å². The largest absolute Gasteiger partial charge is 0.507 e. The van der Waals surface area contributed by atoms with Crippen LogP contribution in [0.1, 0.15) is 49.5 Å². The molecule has 0 saturated carbocycles. The van der Waals surface area contributed by atoms with Gasteiger partial charge in [-0.25, -0.2) is 0 Å². The van der Waals surface area contributed by atoms with E-state index in [9.17, 15) is 19.5 Å². The first-order chi connectivity index (χ1) is 15.7. The van der Waals surface area contributed by atoms with Crippen molar-refractivity contribution < 1.29 is 19.5 Å². The van der Waals surface area contributed by atoms with E-state index in [4.69, 9.17) is 11.6 Å². The van der Waals surface area contributed by atoms with Gasteiger partial charge in [0.05, 0.1) is 5.56 Å². The molecule has 6 heteroatoms. The predicted molar refractivity (Wildman–Crippen MR) is 129 cm³/mol. The van der Waals surface area contributed by atoms with Crippen LogP contribution in [-0.2, 0) is 16.0 Å². The van der Waals surface area contributed by atoms with E-state index in [-0.39, 0.29) is 34.7 Å². The van der Waals surface area contributed by atoms with Crippen LogP contribution in [0.5, 0.6) is 5.75 Å². The maximum atomic E-state index is 13.2. The Morgan fingerprint density at radius 3 is 2.24 bits per heavy atom. The number of Topliss-reactive ketones (excluding diaryl/α,β-unsaturated/α-hetero) is 2. The van der Waals surface area contributed by atoms with Crippen molar-refractivity contribution in [2.45, 2.75) is 40.0 Å². The number of carbonyl (C=O) groups is 3. The maximum absolute atomic E-state index is 13.2. The molecule has 0 fully saturated rings. The molecule has 0 heterocycles. The average Bonchev–Trinajstić information content (AvgIpc) is 2.80. The van der Waals surface area contributed by atoms with Crippen LogP contribution in [0.2, 0.25) is 5.02 Å². The summed E-state index contributed by atoms with van der Waals surface area (Å²) in [7, 11) is 0. The van der Waals surface area contributed by atoms with Gasteiger partial charge in [-0.1, -0.05) is 35.9 Å². The van der Waals surface area contributed by atoms with Crippen LogP contribution in [0.4, 0.5) is 0 Å². The number of phenolic OH excluding ortho intramolecular Hbond substituents is 1. The number of benzene rings is 2. The molecule has 172 valence electrons. The Hall–Kier alpha value is -3.18. The van der Waals surface area contributed by atoms with Gasteiger partial charge in [-0.3, -0.25) is 14.4 Å². The molecule has 0 bridgehead atoms. The first-order valence-electron chi connectivity index (χ1n) is 11.0. The van der Waals surface area contributed by atoms with Gasteiger partial charge in [0, 0.05) is 33.9 Å². The molecule has 0 aromatic heterocycles. The second kappa shape index (κ2) is 10.6. The summed E-state index contributed by atoms with van der Waals surface area (Å²) in [6.45, 7) is 5.50. The summed E-state index contributed by atoms with van der Waals surface area (Å²) >= 11 is 6.02. The molecule has 5 nitrogen and oxygen atoms in total. The number of hydrogen-bond donors (Lipinski definition) is 2. The smallest absolute Gasteiger partial charge is 0.255 e. The van der Waals surface area contributed by atoms with Crippen molar-refractivity contribution in [2.75, 3.05) is 6.54 Å². The molecule has 0 saturated heterocycles.